The Hall–Kier alpha value is -1.25. The van der Waals surface area contributed by atoms with E-state index in [0.29, 0.717) is 6.54 Å². The summed E-state index contributed by atoms with van der Waals surface area (Å²) in [5.41, 5.74) is 9.64. The van der Waals surface area contributed by atoms with Crippen LogP contribution in [0.3, 0.4) is 0 Å². The summed E-state index contributed by atoms with van der Waals surface area (Å²) in [7, 11) is 0. The van der Waals surface area contributed by atoms with Crippen molar-refractivity contribution in [1.29, 1.82) is 0 Å². The lowest BCUT2D eigenvalue weighted by Crippen LogP contribution is -1.99. The third-order valence-corrected chi connectivity index (χ3v) is 3.86. The molecule has 0 spiro atoms. The average molecular weight is 243 g/mol. The highest BCUT2D eigenvalue weighted by atomic mass is 32.2. The van der Waals surface area contributed by atoms with E-state index < -0.39 is 0 Å². The molecule has 0 fully saturated rings. The van der Waals surface area contributed by atoms with Gasteiger partial charge < -0.3 is 5.73 Å². The first-order valence-corrected chi connectivity index (χ1v) is 6.74. The summed E-state index contributed by atoms with van der Waals surface area (Å²) in [6.07, 6.45) is 0. The fourth-order valence-electron chi connectivity index (χ4n) is 1.74. The molecule has 0 heterocycles. The Labute approximate surface area is 107 Å². The number of hydrogen-bond donors (Lipinski definition) is 1. The largest absolute Gasteiger partial charge is 0.326 e. The summed E-state index contributed by atoms with van der Waals surface area (Å²) in [4.78, 5) is 1.29. The maximum atomic E-state index is 5.78. The van der Waals surface area contributed by atoms with Crippen LogP contribution < -0.4 is 5.73 Å². The van der Waals surface area contributed by atoms with Gasteiger partial charge in [0.05, 0.1) is 0 Å². The zero-order chi connectivity index (χ0) is 12.1. The van der Waals surface area contributed by atoms with E-state index in [1.165, 1.54) is 21.6 Å². The summed E-state index contributed by atoms with van der Waals surface area (Å²) in [6, 6.07) is 17.0. The summed E-state index contributed by atoms with van der Waals surface area (Å²) >= 11 is 1.85. The fourth-order valence-corrected chi connectivity index (χ4v) is 2.75. The lowest BCUT2D eigenvalue weighted by molar-refractivity contribution is 1.02. The van der Waals surface area contributed by atoms with E-state index in [0.717, 1.165) is 5.75 Å². The molecular weight excluding hydrogens is 226 g/mol. The predicted octanol–water partition coefficient (Wildman–Crippen LogP) is 3.75. The third kappa shape index (κ3) is 3.35. The Morgan fingerprint density at radius 3 is 2.53 bits per heavy atom. The van der Waals surface area contributed by atoms with Crippen molar-refractivity contribution in [3.63, 3.8) is 0 Å². The Balaban J connectivity index is 2.09. The predicted molar refractivity (Wildman–Crippen MR) is 75.1 cm³/mol. The number of aryl methyl sites for hydroxylation is 1. The van der Waals surface area contributed by atoms with Gasteiger partial charge >= 0.3 is 0 Å². The maximum absolute atomic E-state index is 5.78. The van der Waals surface area contributed by atoms with Gasteiger partial charge in [-0.15, -0.1) is 11.8 Å². The highest BCUT2D eigenvalue weighted by Gasteiger charge is 2.02. The van der Waals surface area contributed by atoms with Crippen LogP contribution in [-0.2, 0) is 12.3 Å². The average Bonchev–Trinajstić information content (AvgIpc) is 2.38. The zero-order valence-corrected chi connectivity index (χ0v) is 10.8. The van der Waals surface area contributed by atoms with Gasteiger partial charge in [0.25, 0.3) is 0 Å². The first kappa shape index (κ1) is 12.2. The molecule has 2 heteroatoms. The molecule has 0 atom stereocenters. The molecule has 0 bridgehead atoms. The summed E-state index contributed by atoms with van der Waals surface area (Å²) in [5.74, 6) is 0.997. The molecule has 2 rings (SSSR count). The van der Waals surface area contributed by atoms with Crippen molar-refractivity contribution < 1.29 is 0 Å². The van der Waals surface area contributed by atoms with Crippen LogP contribution in [0, 0.1) is 6.92 Å². The molecule has 2 N–H and O–H groups in total. The molecule has 0 aromatic heterocycles. The SMILES string of the molecule is Cc1ccc(SCc2ccccc2)c(CN)c1. The van der Waals surface area contributed by atoms with E-state index >= 15 is 0 Å². The van der Waals surface area contributed by atoms with E-state index in [1.807, 2.05) is 17.8 Å². The molecular formula is C15H17NS. The lowest BCUT2D eigenvalue weighted by Gasteiger charge is -2.08. The van der Waals surface area contributed by atoms with Gasteiger partial charge in [-0.05, 0) is 24.1 Å². The molecule has 2 aromatic rings. The lowest BCUT2D eigenvalue weighted by atomic mass is 10.1. The topological polar surface area (TPSA) is 26.0 Å². The van der Waals surface area contributed by atoms with Crippen molar-refractivity contribution in [2.24, 2.45) is 5.73 Å². The molecule has 0 unspecified atom stereocenters. The van der Waals surface area contributed by atoms with Crippen molar-refractivity contribution in [3.05, 3.63) is 65.2 Å². The van der Waals surface area contributed by atoms with E-state index in [4.69, 9.17) is 5.73 Å². The smallest absolute Gasteiger partial charge is 0.0232 e. The molecule has 88 valence electrons. The number of rotatable bonds is 4. The minimum Gasteiger partial charge on any atom is -0.326 e. The summed E-state index contributed by atoms with van der Waals surface area (Å²) < 4.78 is 0. The van der Waals surface area contributed by atoms with Gasteiger partial charge in [-0.2, -0.15) is 0 Å². The quantitative estimate of drug-likeness (QED) is 0.828. The van der Waals surface area contributed by atoms with E-state index in [1.54, 1.807) is 0 Å². The van der Waals surface area contributed by atoms with Gasteiger partial charge in [0.2, 0.25) is 0 Å². The Kier molecular flexibility index (Phi) is 4.24. The molecule has 0 aliphatic carbocycles. The van der Waals surface area contributed by atoms with Crippen LogP contribution in [0.1, 0.15) is 16.7 Å². The second kappa shape index (κ2) is 5.89. The van der Waals surface area contributed by atoms with Crippen LogP contribution in [0.4, 0.5) is 0 Å². The standard InChI is InChI=1S/C15H17NS/c1-12-7-8-15(14(9-12)10-16)17-11-13-5-3-2-4-6-13/h2-9H,10-11,16H2,1H3. The molecule has 2 aromatic carbocycles. The second-order valence-electron chi connectivity index (χ2n) is 4.09. The van der Waals surface area contributed by atoms with Crippen LogP contribution in [0.5, 0.6) is 0 Å². The maximum Gasteiger partial charge on any atom is 0.0232 e. The summed E-state index contributed by atoms with van der Waals surface area (Å²) in [6.45, 7) is 2.71. The van der Waals surface area contributed by atoms with Gasteiger partial charge in [0, 0.05) is 17.2 Å². The van der Waals surface area contributed by atoms with Gasteiger partial charge in [-0.3, -0.25) is 0 Å². The number of hydrogen-bond acceptors (Lipinski definition) is 2. The van der Waals surface area contributed by atoms with Crippen molar-refractivity contribution >= 4 is 11.8 Å². The van der Waals surface area contributed by atoms with Crippen molar-refractivity contribution in [1.82, 2.24) is 0 Å². The van der Waals surface area contributed by atoms with Gasteiger partial charge in [0.1, 0.15) is 0 Å². The molecule has 0 amide bonds. The van der Waals surface area contributed by atoms with Crippen molar-refractivity contribution in [3.8, 4) is 0 Å². The highest BCUT2D eigenvalue weighted by molar-refractivity contribution is 7.98. The monoisotopic (exact) mass is 243 g/mol. The molecule has 0 aliphatic rings. The molecule has 0 saturated carbocycles. The van der Waals surface area contributed by atoms with E-state index in [2.05, 4.69) is 49.4 Å². The Morgan fingerprint density at radius 2 is 1.82 bits per heavy atom. The number of nitrogens with two attached hydrogens (primary N) is 1. The Bertz CT molecular complexity index is 480. The Morgan fingerprint density at radius 1 is 1.06 bits per heavy atom. The van der Waals surface area contributed by atoms with E-state index in [9.17, 15) is 0 Å². The van der Waals surface area contributed by atoms with E-state index in [-0.39, 0.29) is 0 Å². The summed E-state index contributed by atoms with van der Waals surface area (Å²) in [5, 5.41) is 0. The van der Waals surface area contributed by atoms with Crippen LogP contribution >= 0.6 is 11.8 Å². The molecule has 0 radical (unpaired) electrons. The first-order chi connectivity index (χ1) is 8.29. The van der Waals surface area contributed by atoms with Gasteiger partial charge in [-0.1, -0.05) is 48.0 Å². The van der Waals surface area contributed by atoms with Gasteiger partial charge in [0.15, 0.2) is 0 Å². The van der Waals surface area contributed by atoms with Crippen molar-refractivity contribution in [2.75, 3.05) is 0 Å². The second-order valence-corrected chi connectivity index (χ2v) is 5.11. The zero-order valence-electron chi connectivity index (χ0n) is 10.0. The molecule has 17 heavy (non-hydrogen) atoms. The first-order valence-electron chi connectivity index (χ1n) is 5.76. The minimum absolute atomic E-state index is 0.610. The molecule has 0 saturated heterocycles. The fraction of sp³-hybridized carbons (Fsp3) is 0.200. The molecule has 0 aliphatic heterocycles. The highest BCUT2D eigenvalue weighted by Crippen LogP contribution is 2.26. The third-order valence-electron chi connectivity index (χ3n) is 2.67. The van der Waals surface area contributed by atoms with Crippen LogP contribution in [0.25, 0.3) is 0 Å². The van der Waals surface area contributed by atoms with Crippen molar-refractivity contribution in [2.45, 2.75) is 24.1 Å². The number of thioether (sulfide) groups is 1. The number of benzene rings is 2. The van der Waals surface area contributed by atoms with Crippen LogP contribution in [0.2, 0.25) is 0 Å². The van der Waals surface area contributed by atoms with Gasteiger partial charge in [-0.25, -0.2) is 0 Å². The normalized spacial score (nSPS) is 10.5. The van der Waals surface area contributed by atoms with Crippen LogP contribution in [-0.4, -0.2) is 0 Å². The van der Waals surface area contributed by atoms with Crippen LogP contribution in [0.15, 0.2) is 53.4 Å². The molecule has 1 nitrogen and oxygen atoms in total. The minimum atomic E-state index is 0.610.